The highest BCUT2D eigenvalue weighted by molar-refractivity contribution is 7.92. The van der Waals surface area contributed by atoms with Gasteiger partial charge < -0.3 is 10.2 Å². The summed E-state index contributed by atoms with van der Waals surface area (Å²) >= 11 is 12.6. The molecule has 2 amide bonds. The Morgan fingerprint density at radius 2 is 1.51 bits per heavy atom. The summed E-state index contributed by atoms with van der Waals surface area (Å²) in [6, 6.07) is 25.7. The Morgan fingerprint density at radius 1 is 0.889 bits per heavy atom. The van der Waals surface area contributed by atoms with E-state index in [4.69, 9.17) is 23.2 Å². The zero-order valence-corrected chi connectivity index (χ0v) is 27.2. The van der Waals surface area contributed by atoms with Gasteiger partial charge in [-0.1, -0.05) is 96.9 Å². The highest BCUT2D eigenvalue weighted by atomic mass is 35.5. The Kier molecular flexibility index (Phi) is 11.6. The van der Waals surface area contributed by atoms with Gasteiger partial charge in [-0.25, -0.2) is 12.8 Å². The second-order valence-electron chi connectivity index (χ2n) is 10.6. The third kappa shape index (κ3) is 8.63. The van der Waals surface area contributed by atoms with Crippen LogP contribution in [0.25, 0.3) is 0 Å². The molecule has 11 heteroatoms. The van der Waals surface area contributed by atoms with Gasteiger partial charge in [0, 0.05) is 29.6 Å². The molecule has 4 aromatic rings. The van der Waals surface area contributed by atoms with Gasteiger partial charge in [-0.05, 0) is 55.3 Å². The molecule has 0 aromatic heterocycles. The number of halogens is 3. The van der Waals surface area contributed by atoms with Gasteiger partial charge in [-0.15, -0.1) is 0 Å². The predicted octanol–water partition coefficient (Wildman–Crippen LogP) is 6.88. The Hall–Kier alpha value is -3.92. The normalized spacial score (nSPS) is 12.6. The summed E-state index contributed by atoms with van der Waals surface area (Å²) < 4.78 is 44.0. The maximum atomic E-state index is 15.0. The van der Waals surface area contributed by atoms with Crippen LogP contribution in [-0.2, 0) is 32.6 Å². The van der Waals surface area contributed by atoms with Crippen LogP contribution in [0.15, 0.2) is 108 Å². The molecule has 1 N–H and O–H groups in total. The Balaban J connectivity index is 1.83. The molecule has 0 aliphatic rings. The van der Waals surface area contributed by atoms with Crippen LogP contribution in [0.4, 0.5) is 10.1 Å². The molecule has 7 nitrogen and oxygen atoms in total. The van der Waals surface area contributed by atoms with Gasteiger partial charge in [0.1, 0.15) is 18.4 Å². The van der Waals surface area contributed by atoms with Gasteiger partial charge in [0.15, 0.2) is 0 Å². The lowest BCUT2D eigenvalue weighted by Gasteiger charge is -2.34. The largest absolute Gasteiger partial charge is 0.352 e. The van der Waals surface area contributed by atoms with Crippen LogP contribution in [0.1, 0.15) is 31.4 Å². The van der Waals surface area contributed by atoms with Crippen LogP contribution in [-0.4, -0.2) is 43.8 Å². The van der Waals surface area contributed by atoms with Crippen molar-refractivity contribution in [2.45, 2.75) is 50.2 Å². The van der Waals surface area contributed by atoms with E-state index in [2.05, 4.69) is 5.32 Å². The maximum absolute atomic E-state index is 15.0. The standard InChI is InChI=1S/C34H34Cl2FN3O4S/c1-3-24(2)38-34(42)32(20-25-12-6-4-7-13-25)39(22-26-14-10-11-17-30(26)37)33(41)23-40(31-19-18-27(35)21-29(31)36)45(43,44)28-15-8-5-9-16-28/h4-19,21,24,32H,3,20,22-23H2,1-2H3,(H,38,42)/t24-,32+/m0/s1. The lowest BCUT2D eigenvalue weighted by molar-refractivity contribution is -0.140. The molecule has 236 valence electrons. The van der Waals surface area contributed by atoms with Crippen LogP contribution in [0.2, 0.25) is 10.0 Å². The van der Waals surface area contributed by atoms with Gasteiger partial charge in [0.25, 0.3) is 10.0 Å². The average molecular weight is 671 g/mol. The van der Waals surface area contributed by atoms with E-state index in [1.165, 1.54) is 53.4 Å². The first-order valence-electron chi connectivity index (χ1n) is 14.4. The Bertz CT molecular complexity index is 1730. The molecule has 0 radical (unpaired) electrons. The van der Waals surface area contributed by atoms with Crippen molar-refractivity contribution in [3.63, 3.8) is 0 Å². The number of hydrogen-bond donors (Lipinski definition) is 1. The van der Waals surface area contributed by atoms with Crippen molar-refractivity contribution in [1.82, 2.24) is 10.2 Å². The van der Waals surface area contributed by atoms with Crippen molar-refractivity contribution < 1.29 is 22.4 Å². The van der Waals surface area contributed by atoms with Crippen LogP contribution < -0.4 is 9.62 Å². The zero-order chi connectivity index (χ0) is 32.6. The molecule has 0 heterocycles. The number of carbonyl (C=O) groups excluding carboxylic acids is 2. The molecule has 4 aromatic carbocycles. The summed E-state index contributed by atoms with van der Waals surface area (Å²) in [7, 11) is -4.34. The molecule has 45 heavy (non-hydrogen) atoms. The summed E-state index contributed by atoms with van der Waals surface area (Å²) in [5.74, 6) is -1.74. The number of rotatable bonds is 13. The smallest absolute Gasteiger partial charge is 0.264 e. The minimum Gasteiger partial charge on any atom is -0.352 e. The highest BCUT2D eigenvalue weighted by Crippen LogP contribution is 2.33. The number of sulfonamides is 1. The number of carbonyl (C=O) groups is 2. The third-order valence-corrected chi connectivity index (χ3v) is 9.67. The van der Waals surface area contributed by atoms with Gasteiger partial charge >= 0.3 is 0 Å². The fraction of sp³-hybridized carbons (Fsp3) is 0.235. The van der Waals surface area contributed by atoms with Crippen molar-refractivity contribution in [2.24, 2.45) is 0 Å². The summed E-state index contributed by atoms with van der Waals surface area (Å²) in [6.07, 6.45) is 0.750. The molecule has 0 bridgehead atoms. The van der Waals surface area contributed by atoms with Crippen molar-refractivity contribution in [3.05, 3.63) is 130 Å². The van der Waals surface area contributed by atoms with Crippen LogP contribution in [0.3, 0.4) is 0 Å². The second-order valence-corrected chi connectivity index (χ2v) is 13.3. The molecule has 4 rings (SSSR count). The fourth-order valence-corrected chi connectivity index (χ4v) is 6.74. The minimum atomic E-state index is -4.34. The summed E-state index contributed by atoms with van der Waals surface area (Å²) in [5, 5.41) is 3.23. The molecular weight excluding hydrogens is 636 g/mol. The van der Waals surface area contributed by atoms with Crippen molar-refractivity contribution in [2.75, 3.05) is 10.8 Å². The summed E-state index contributed by atoms with van der Waals surface area (Å²) in [4.78, 5) is 29.4. The number of benzene rings is 4. The predicted molar refractivity (Wildman–Crippen MR) is 176 cm³/mol. The first-order chi connectivity index (χ1) is 21.5. The lowest BCUT2D eigenvalue weighted by Crippen LogP contribution is -2.54. The topological polar surface area (TPSA) is 86.8 Å². The van der Waals surface area contributed by atoms with E-state index >= 15 is 4.39 Å². The number of amides is 2. The first kappa shape index (κ1) is 34.0. The highest BCUT2D eigenvalue weighted by Gasteiger charge is 2.35. The molecule has 0 aliphatic heterocycles. The van der Waals surface area contributed by atoms with E-state index in [1.54, 1.807) is 24.3 Å². The van der Waals surface area contributed by atoms with E-state index < -0.39 is 40.2 Å². The zero-order valence-electron chi connectivity index (χ0n) is 24.9. The fourth-order valence-electron chi connectivity index (χ4n) is 4.72. The van der Waals surface area contributed by atoms with E-state index in [0.29, 0.717) is 6.42 Å². The van der Waals surface area contributed by atoms with Crippen molar-refractivity contribution >= 4 is 50.7 Å². The molecule has 0 aliphatic carbocycles. The van der Waals surface area contributed by atoms with Crippen LogP contribution in [0, 0.1) is 5.82 Å². The average Bonchev–Trinajstić information content (AvgIpc) is 3.03. The first-order valence-corrected chi connectivity index (χ1v) is 16.6. The number of nitrogens with zero attached hydrogens (tertiary/aromatic N) is 2. The van der Waals surface area contributed by atoms with Crippen LogP contribution >= 0.6 is 23.2 Å². The molecule has 0 saturated carbocycles. The number of hydrogen-bond acceptors (Lipinski definition) is 4. The molecule has 0 saturated heterocycles. The van der Waals surface area contributed by atoms with Crippen molar-refractivity contribution in [1.29, 1.82) is 0 Å². The quantitative estimate of drug-likeness (QED) is 0.168. The number of anilines is 1. The Morgan fingerprint density at radius 3 is 2.13 bits per heavy atom. The van der Waals surface area contributed by atoms with Gasteiger partial charge in [0.05, 0.1) is 15.6 Å². The second kappa shape index (κ2) is 15.4. The SMILES string of the molecule is CC[C@H](C)NC(=O)[C@@H](Cc1ccccc1)N(Cc1ccccc1F)C(=O)CN(c1ccc(Cl)cc1Cl)S(=O)(=O)c1ccccc1. The molecule has 0 spiro atoms. The summed E-state index contributed by atoms with van der Waals surface area (Å²) in [6.45, 7) is 2.75. The molecule has 0 fully saturated rings. The lowest BCUT2D eigenvalue weighted by atomic mass is 10.0. The molecule has 2 atom stereocenters. The van der Waals surface area contributed by atoms with Gasteiger partial charge in [-0.3, -0.25) is 13.9 Å². The van der Waals surface area contributed by atoms with Gasteiger partial charge in [-0.2, -0.15) is 0 Å². The number of nitrogens with one attached hydrogen (secondary N) is 1. The van der Waals surface area contributed by atoms with E-state index in [0.717, 1.165) is 9.87 Å². The molecular formula is C34H34Cl2FN3O4S. The molecule has 0 unspecified atom stereocenters. The van der Waals surface area contributed by atoms with E-state index in [1.807, 2.05) is 44.2 Å². The maximum Gasteiger partial charge on any atom is 0.264 e. The van der Waals surface area contributed by atoms with Gasteiger partial charge in [0.2, 0.25) is 11.8 Å². The summed E-state index contributed by atoms with van der Waals surface area (Å²) in [5.41, 5.74) is 0.956. The third-order valence-electron chi connectivity index (χ3n) is 7.36. The van der Waals surface area contributed by atoms with Crippen LogP contribution in [0.5, 0.6) is 0 Å². The monoisotopic (exact) mass is 669 g/mol. The van der Waals surface area contributed by atoms with Crippen molar-refractivity contribution in [3.8, 4) is 0 Å². The van der Waals surface area contributed by atoms with E-state index in [-0.39, 0.29) is 45.2 Å². The Labute approximate surface area is 273 Å². The minimum absolute atomic E-state index is 0.00538. The van der Waals surface area contributed by atoms with E-state index in [9.17, 15) is 18.0 Å².